The normalized spacial score (nSPS) is 17.6. The third kappa shape index (κ3) is 13.1. The largest absolute Gasteiger partial charge is 0.480 e. The van der Waals surface area contributed by atoms with Gasteiger partial charge in [-0.25, -0.2) is 9.78 Å². The maximum Gasteiger partial charge on any atom is 0.326 e. The minimum absolute atomic E-state index is 0.00859. The first-order chi connectivity index (χ1) is 25.2. The van der Waals surface area contributed by atoms with E-state index in [4.69, 9.17) is 0 Å². The summed E-state index contributed by atoms with van der Waals surface area (Å²) in [6, 6.07) is 4.47. The summed E-state index contributed by atoms with van der Waals surface area (Å²) in [7, 11) is 0. The van der Waals surface area contributed by atoms with E-state index < -0.39 is 65.5 Å². The van der Waals surface area contributed by atoms with Crippen molar-refractivity contribution in [3.05, 3.63) is 60.2 Å². The van der Waals surface area contributed by atoms with Gasteiger partial charge < -0.3 is 31.7 Å². The molecule has 1 saturated carbocycles. The zero-order chi connectivity index (χ0) is 39.1. The van der Waals surface area contributed by atoms with Gasteiger partial charge in [0.25, 0.3) is 11.8 Å². The third-order valence-corrected chi connectivity index (χ3v) is 9.42. The van der Waals surface area contributed by atoms with Crippen LogP contribution in [0.4, 0.5) is 0 Å². The third-order valence-electron chi connectivity index (χ3n) is 9.42. The predicted octanol–water partition coefficient (Wildman–Crippen LogP) is 1.96. The molecule has 0 saturated heterocycles. The molecule has 2 aromatic rings. The first-order valence-electron chi connectivity index (χ1n) is 18.3. The van der Waals surface area contributed by atoms with Crippen LogP contribution in [0.15, 0.2) is 48.9 Å². The van der Waals surface area contributed by atoms with E-state index in [9.17, 15) is 38.7 Å². The van der Waals surface area contributed by atoms with E-state index in [0.717, 1.165) is 19.3 Å². The summed E-state index contributed by atoms with van der Waals surface area (Å²) < 4.78 is 0. The van der Waals surface area contributed by atoms with Crippen LogP contribution in [-0.4, -0.2) is 87.1 Å². The number of aromatic nitrogens is 2. The van der Waals surface area contributed by atoms with Crippen molar-refractivity contribution in [3.63, 3.8) is 0 Å². The predicted molar refractivity (Wildman–Crippen MR) is 195 cm³/mol. The summed E-state index contributed by atoms with van der Waals surface area (Å²) in [5, 5.41) is 23.1. The Morgan fingerprint density at radius 1 is 0.811 bits per heavy atom. The summed E-state index contributed by atoms with van der Waals surface area (Å²) in [6.45, 7) is 9.23. The lowest BCUT2D eigenvalue weighted by atomic mass is 9.91. The number of ketones is 1. The van der Waals surface area contributed by atoms with Crippen molar-refractivity contribution >= 4 is 41.3 Å². The number of hydrogen-bond acceptors (Lipinski definition) is 9. The molecule has 15 heteroatoms. The van der Waals surface area contributed by atoms with Crippen molar-refractivity contribution in [2.24, 2.45) is 23.7 Å². The number of nitrogens with one attached hydrogen (secondary N) is 5. The van der Waals surface area contributed by atoms with Crippen molar-refractivity contribution < 1.29 is 38.7 Å². The molecule has 15 nitrogen and oxygen atoms in total. The van der Waals surface area contributed by atoms with Gasteiger partial charge in [0.15, 0.2) is 0 Å². The molecule has 1 aliphatic carbocycles. The number of carboxylic acids is 1. The molecule has 1 fully saturated rings. The molecule has 1 aromatic heterocycles. The van der Waals surface area contributed by atoms with Crippen molar-refractivity contribution in [2.45, 2.75) is 104 Å². The summed E-state index contributed by atoms with van der Waals surface area (Å²) in [6.07, 6.45) is 7.19. The van der Waals surface area contributed by atoms with Gasteiger partial charge in [-0.05, 0) is 48.5 Å². The maximum absolute atomic E-state index is 13.4. The van der Waals surface area contributed by atoms with Crippen molar-refractivity contribution in [1.29, 1.82) is 0 Å². The molecule has 3 rings (SSSR count). The molecule has 288 valence electrons. The van der Waals surface area contributed by atoms with E-state index in [1.54, 1.807) is 65.0 Å². The molecule has 0 aliphatic heterocycles. The number of benzene rings is 1. The van der Waals surface area contributed by atoms with E-state index in [1.165, 1.54) is 18.6 Å². The number of hydrogen-bond donors (Lipinski definition) is 6. The van der Waals surface area contributed by atoms with Crippen LogP contribution < -0.4 is 26.6 Å². The Bertz CT molecular complexity index is 1570. The molecule has 5 amide bonds. The van der Waals surface area contributed by atoms with Gasteiger partial charge in [-0.1, -0.05) is 77.8 Å². The lowest BCUT2D eigenvalue weighted by Crippen LogP contribution is -2.57. The molecule has 1 aromatic carbocycles. The minimum Gasteiger partial charge on any atom is -0.480 e. The van der Waals surface area contributed by atoms with Gasteiger partial charge in [0.2, 0.25) is 23.5 Å². The molecule has 6 atom stereocenters. The Labute approximate surface area is 310 Å². The maximum atomic E-state index is 13.4. The Morgan fingerprint density at radius 3 is 2.08 bits per heavy atom. The first-order valence-corrected chi connectivity index (χ1v) is 18.3. The summed E-state index contributed by atoms with van der Waals surface area (Å²) >= 11 is 0. The lowest BCUT2D eigenvalue weighted by Gasteiger charge is -2.28. The molecule has 0 radical (unpaired) electrons. The average Bonchev–Trinajstić information content (AvgIpc) is 3.57. The molecular weight excluding hydrogens is 682 g/mol. The van der Waals surface area contributed by atoms with E-state index in [-0.39, 0.29) is 55.2 Å². The Kier molecular flexibility index (Phi) is 16.5. The van der Waals surface area contributed by atoms with Crippen LogP contribution in [0.1, 0.15) is 89.2 Å². The van der Waals surface area contributed by atoms with Crippen LogP contribution in [0.2, 0.25) is 0 Å². The number of carboxylic acid groups (broad SMARTS) is 1. The van der Waals surface area contributed by atoms with Crippen LogP contribution in [-0.2, 0) is 35.2 Å². The fourth-order valence-corrected chi connectivity index (χ4v) is 6.42. The summed E-state index contributed by atoms with van der Waals surface area (Å²) in [5.74, 6) is -5.86. The molecule has 53 heavy (non-hydrogen) atoms. The molecule has 0 spiro atoms. The summed E-state index contributed by atoms with van der Waals surface area (Å²) in [5.41, 5.74) is 0.739. The monoisotopic (exact) mass is 735 g/mol. The molecule has 1 unspecified atom stereocenters. The number of carbonyl (C=O) groups excluding carboxylic acids is 6. The van der Waals surface area contributed by atoms with Gasteiger partial charge in [-0.3, -0.25) is 33.8 Å². The number of amides is 5. The van der Waals surface area contributed by atoms with Crippen molar-refractivity contribution in [2.75, 3.05) is 6.54 Å². The number of carbonyl (C=O) groups is 7. The molecule has 6 N–H and O–H groups in total. The van der Waals surface area contributed by atoms with Gasteiger partial charge in [-0.2, -0.15) is 0 Å². The molecule has 0 bridgehead atoms. The van der Waals surface area contributed by atoms with Crippen LogP contribution in [0.3, 0.4) is 0 Å². The SMILES string of the molecule is CCCC(NC(=O)C[C@H]1CCC[C@H]1CNC(=O)[C@@H](NC(=O)[C@H](NC(=O)c1cnccn1)C(C)C)C(C)C)C(=O)C(=O)N[C@@H](Cc1ccccc1)C(=O)O. The van der Waals surface area contributed by atoms with Crippen LogP contribution in [0.25, 0.3) is 0 Å². The fourth-order valence-electron chi connectivity index (χ4n) is 6.42. The Hall–Kier alpha value is -5.21. The number of rotatable bonds is 20. The highest BCUT2D eigenvalue weighted by molar-refractivity contribution is 6.38. The van der Waals surface area contributed by atoms with Crippen molar-refractivity contribution in [3.8, 4) is 0 Å². The zero-order valence-corrected chi connectivity index (χ0v) is 31.1. The second kappa shape index (κ2) is 20.7. The molecule has 1 heterocycles. The number of nitrogens with zero attached hydrogens (tertiary/aromatic N) is 2. The lowest BCUT2D eigenvalue weighted by molar-refractivity contribution is -0.145. The van der Waals surface area contributed by atoms with Crippen molar-refractivity contribution in [1.82, 2.24) is 36.6 Å². The average molecular weight is 736 g/mol. The van der Waals surface area contributed by atoms with E-state index >= 15 is 0 Å². The molecule has 1 aliphatic rings. The van der Waals surface area contributed by atoms with Gasteiger partial charge >= 0.3 is 5.97 Å². The minimum atomic E-state index is -1.32. The van der Waals surface area contributed by atoms with Gasteiger partial charge in [0.05, 0.1) is 12.2 Å². The van der Waals surface area contributed by atoms with Gasteiger partial charge in [-0.15, -0.1) is 0 Å². The first kappa shape index (κ1) is 42.2. The highest BCUT2D eigenvalue weighted by atomic mass is 16.4. The summed E-state index contributed by atoms with van der Waals surface area (Å²) in [4.78, 5) is 98.3. The van der Waals surface area contributed by atoms with Crippen LogP contribution >= 0.6 is 0 Å². The van der Waals surface area contributed by atoms with E-state index in [0.29, 0.717) is 12.0 Å². The highest BCUT2D eigenvalue weighted by Gasteiger charge is 2.35. The topological polar surface area (TPSA) is 226 Å². The fraction of sp³-hybridized carbons (Fsp3) is 0.553. The van der Waals surface area contributed by atoms with E-state index in [1.807, 2.05) is 0 Å². The van der Waals surface area contributed by atoms with Gasteiger partial charge in [0, 0.05) is 31.8 Å². The smallest absolute Gasteiger partial charge is 0.326 e. The van der Waals surface area contributed by atoms with E-state index in [2.05, 4.69) is 36.6 Å². The quantitative estimate of drug-likeness (QED) is 0.108. The number of aliphatic carboxylic acids is 1. The van der Waals surface area contributed by atoms with Gasteiger partial charge in [0.1, 0.15) is 23.8 Å². The second-order valence-electron chi connectivity index (χ2n) is 14.2. The van der Waals surface area contributed by atoms with Crippen LogP contribution in [0, 0.1) is 23.7 Å². The second-order valence-corrected chi connectivity index (χ2v) is 14.2. The zero-order valence-electron chi connectivity index (χ0n) is 31.1. The number of Topliss-reactive ketones (excluding diaryl/α,β-unsaturated/α-hetero) is 1. The highest BCUT2D eigenvalue weighted by Crippen LogP contribution is 2.33. The standard InChI is InChI=1S/C38H53N7O8/c1-6-11-27(33(47)37(51)43-28(38(52)53)18-24-12-8-7-9-13-24)42-30(46)19-25-14-10-15-26(25)20-41-35(49)31(22(2)3)45-36(50)32(23(4)5)44-34(48)29-21-39-16-17-40-29/h7-9,12-13,16-17,21-23,25-28,31-32H,6,10-11,14-15,18-20H2,1-5H3,(H,41,49)(H,42,46)(H,43,51)(H,44,48)(H,45,50)(H,52,53)/t25-,26+,27?,28+,31+,32-/m1/s1. The van der Waals surface area contributed by atoms with Crippen LogP contribution in [0.5, 0.6) is 0 Å². The Morgan fingerprint density at radius 2 is 1.47 bits per heavy atom. The molecular formula is C38H53N7O8. The Balaban J connectivity index is 1.56.